The highest BCUT2D eigenvalue weighted by molar-refractivity contribution is 5.05. The van der Waals surface area contributed by atoms with E-state index in [-0.39, 0.29) is 0 Å². The van der Waals surface area contributed by atoms with Gasteiger partial charge in [-0.2, -0.15) is 0 Å². The van der Waals surface area contributed by atoms with E-state index in [0.717, 1.165) is 23.9 Å². The zero-order valence-corrected chi connectivity index (χ0v) is 12.4. The predicted octanol–water partition coefficient (Wildman–Crippen LogP) is 3.03. The van der Waals surface area contributed by atoms with Crippen LogP contribution < -0.4 is 5.32 Å². The second-order valence-electron chi connectivity index (χ2n) is 7.38. The molecule has 2 nitrogen and oxygen atoms in total. The van der Waals surface area contributed by atoms with Crippen LogP contribution in [0.15, 0.2) is 0 Å². The minimum Gasteiger partial charge on any atom is -0.308 e. The van der Waals surface area contributed by atoms with E-state index in [1.165, 1.54) is 51.6 Å². The molecule has 18 heavy (non-hydrogen) atoms. The van der Waals surface area contributed by atoms with Crippen molar-refractivity contribution in [1.82, 2.24) is 10.2 Å². The summed E-state index contributed by atoms with van der Waals surface area (Å²) < 4.78 is 0. The second kappa shape index (κ2) is 4.79. The topological polar surface area (TPSA) is 15.3 Å². The standard InChI is InChI=1S/C16H30N2/c1-4-14-10-17-16(3,13-6-7-13)11-18(14)15-8-5-12(2)9-15/h12-15,17H,4-11H2,1-3H3. The summed E-state index contributed by atoms with van der Waals surface area (Å²) in [5.41, 5.74) is 0.414. The smallest absolute Gasteiger partial charge is 0.0309 e. The molecule has 0 aromatic rings. The largest absolute Gasteiger partial charge is 0.308 e. The molecule has 0 bridgehead atoms. The molecule has 1 N–H and O–H groups in total. The van der Waals surface area contributed by atoms with Crippen molar-refractivity contribution in [3.63, 3.8) is 0 Å². The summed E-state index contributed by atoms with van der Waals surface area (Å²) in [4.78, 5) is 2.89. The fraction of sp³-hybridized carbons (Fsp3) is 1.00. The maximum absolute atomic E-state index is 3.88. The summed E-state index contributed by atoms with van der Waals surface area (Å²) in [5.74, 6) is 1.91. The van der Waals surface area contributed by atoms with E-state index >= 15 is 0 Å². The molecule has 2 heteroatoms. The fourth-order valence-corrected chi connectivity index (χ4v) is 4.31. The number of hydrogen-bond donors (Lipinski definition) is 1. The Morgan fingerprint density at radius 3 is 2.56 bits per heavy atom. The van der Waals surface area contributed by atoms with Gasteiger partial charge in [0.2, 0.25) is 0 Å². The maximum atomic E-state index is 3.88. The summed E-state index contributed by atoms with van der Waals surface area (Å²) in [7, 11) is 0. The third-order valence-electron chi connectivity index (χ3n) is 5.81. The number of rotatable bonds is 3. The molecular formula is C16H30N2. The molecule has 0 radical (unpaired) electrons. The monoisotopic (exact) mass is 250 g/mol. The van der Waals surface area contributed by atoms with Gasteiger partial charge in [-0.1, -0.05) is 13.8 Å². The number of hydrogen-bond acceptors (Lipinski definition) is 2. The lowest BCUT2D eigenvalue weighted by Crippen LogP contribution is -2.65. The van der Waals surface area contributed by atoms with Gasteiger partial charge in [0.1, 0.15) is 0 Å². The molecule has 2 aliphatic carbocycles. The summed E-state index contributed by atoms with van der Waals surface area (Å²) in [6.45, 7) is 9.78. The van der Waals surface area contributed by atoms with E-state index in [0.29, 0.717) is 5.54 Å². The van der Waals surface area contributed by atoms with E-state index in [2.05, 4.69) is 31.0 Å². The van der Waals surface area contributed by atoms with Crippen LogP contribution >= 0.6 is 0 Å². The van der Waals surface area contributed by atoms with Crippen LogP contribution in [0.1, 0.15) is 59.3 Å². The van der Waals surface area contributed by atoms with Gasteiger partial charge in [0.05, 0.1) is 0 Å². The molecule has 1 saturated heterocycles. The van der Waals surface area contributed by atoms with Crippen molar-refractivity contribution in [3.8, 4) is 0 Å². The molecule has 0 aromatic heterocycles. The van der Waals surface area contributed by atoms with Crippen LogP contribution in [0.25, 0.3) is 0 Å². The highest BCUT2D eigenvalue weighted by Gasteiger charge is 2.47. The minimum absolute atomic E-state index is 0.414. The Balaban J connectivity index is 1.71. The third-order valence-corrected chi connectivity index (χ3v) is 5.81. The van der Waals surface area contributed by atoms with Crippen LogP contribution in [-0.4, -0.2) is 35.6 Å². The molecule has 4 unspecified atom stereocenters. The Labute approximate surface area is 113 Å². The number of nitrogens with one attached hydrogen (secondary N) is 1. The van der Waals surface area contributed by atoms with Gasteiger partial charge in [0, 0.05) is 30.7 Å². The highest BCUT2D eigenvalue weighted by atomic mass is 15.3. The Morgan fingerprint density at radius 2 is 2.00 bits per heavy atom. The number of piperazine rings is 1. The van der Waals surface area contributed by atoms with Crippen LogP contribution in [0.4, 0.5) is 0 Å². The van der Waals surface area contributed by atoms with Crippen LogP contribution in [0.2, 0.25) is 0 Å². The molecule has 3 fully saturated rings. The van der Waals surface area contributed by atoms with Gasteiger partial charge in [-0.3, -0.25) is 4.90 Å². The first-order chi connectivity index (χ1) is 8.62. The van der Waals surface area contributed by atoms with Crippen LogP contribution in [0, 0.1) is 11.8 Å². The van der Waals surface area contributed by atoms with Crippen molar-refractivity contribution in [1.29, 1.82) is 0 Å². The van der Waals surface area contributed by atoms with Crippen molar-refractivity contribution in [3.05, 3.63) is 0 Å². The van der Waals surface area contributed by atoms with E-state index < -0.39 is 0 Å². The molecule has 1 heterocycles. The van der Waals surface area contributed by atoms with E-state index in [4.69, 9.17) is 0 Å². The lowest BCUT2D eigenvalue weighted by atomic mass is 9.89. The zero-order chi connectivity index (χ0) is 12.8. The van der Waals surface area contributed by atoms with E-state index in [9.17, 15) is 0 Å². The molecule has 0 spiro atoms. The second-order valence-corrected chi connectivity index (χ2v) is 7.38. The molecule has 104 valence electrons. The van der Waals surface area contributed by atoms with Gasteiger partial charge in [-0.25, -0.2) is 0 Å². The normalized spacial score (nSPS) is 46.5. The van der Waals surface area contributed by atoms with Crippen molar-refractivity contribution in [2.24, 2.45) is 11.8 Å². The summed E-state index contributed by atoms with van der Waals surface area (Å²) in [6, 6.07) is 1.66. The maximum Gasteiger partial charge on any atom is 0.0309 e. The highest BCUT2D eigenvalue weighted by Crippen LogP contribution is 2.43. The van der Waals surface area contributed by atoms with Gasteiger partial charge in [0.25, 0.3) is 0 Å². The van der Waals surface area contributed by atoms with Gasteiger partial charge in [-0.15, -0.1) is 0 Å². The molecule has 3 aliphatic rings. The first kappa shape index (κ1) is 12.9. The quantitative estimate of drug-likeness (QED) is 0.828. The van der Waals surface area contributed by atoms with Crippen LogP contribution in [-0.2, 0) is 0 Å². The Bertz CT molecular complexity index is 299. The summed E-state index contributed by atoms with van der Waals surface area (Å²) in [5, 5.41) is 3.88. The fourth-order valence-electron chi connectivity index (χ4n) is 4.31. The summed E-state index contributed by atoms with van der Waals surface area (Å²) >= 11 is 0. The predicted molar refractivity (Wildman–Crippen MR) is 76.7 cm³/mol. The molecule has 0 aromatic carbocycles. The average Bonchev–Trinajstić information content (AvgIpc) is 3.13. The lowest BCUT2D eigenvalue weighted by Gasteiger charge is -2.49. The first-order valence-electron chi connectivity index (χ1n) is 8.13. The molecule has 4 atom stereocenters. The molecule has 2 saturated carbocycles. The molecule has 0 amide bonds. The minimum atomic E-state index is 0.414. The first-order valence-corrected chi connectivity index (χ1v) is 8.13. The van der Waals surface area contributed by atoms with Crippen molar-refractivity contribution >= 4 is 0 Å². The molecule has 1 aliphatic heterocycles. The van der Waals surface area contributed by atoms with Gasteiger partial charge in [-0.05, 0) is 57.3 Å². The molecular weight excluding hydrogens is 220 g/mol. The van der Waals surface area contributed by atoms with E-state index in [1.54, 1.807) is 0 Å². The SMILES string of the molecule is CCC1CNC(C)(C2CC2)CN1C1CCC(C)C1. The Hall–Kier alpha value is -0.0800. The summed E-state index contributed by atoms with van der Waals surface area (Å²) in [6.07, 6.45) is 8.55. The van der Waals surface area contributed by atoms with Crippen molar-refractivity contribution in [2.75, 3.05) is 13.1 Å². The third kappa shape index (κ3) is 2.34. The van der Waals surface area contributed by atoms with Crippen LogP contribution in [0.3, 0.4) is 0 Å². The Kier molecular flexibility index (Phi) is 3.44. The van der Waals surface area contributed by atoms with Crippen molar-refractivity contribution < 1.29 is 0 Å². The lowest BCUT2D eigenvalue weighted by molar-refractivity contribution is 0.0374. The van der Waals surface area contributed by atoms with Gasteiger partial charge >= 0.3 is 0 Å². The molecule has 3 rings (SSSR count). The van der Waals surface area contributed by atoms with Crippen molar-refractivity contribution in [2.45, 2.75) is 76.9 Å². The number of nitrogens with zero attached hydrogens (tertiary/aromatic N) is 1. The van der Waals surface area contributed by atoms with Crippen LogP contribution in [0.5, 0.6) is 0 Å². The van der Waals surface area contributed by atoms with Gasteiger partial charge < -0.3 is 5.32 Å². The van der Waals surface area contributed by atoms with E-state index in [1.807, 2.05) is 0 Å². The van der Waals surface area contributed by atoms with Gasteiger partial charge in [0.15, 0.2) is 0 Å². The average molecular weight is 250 g/mol. The zero-order valence-electron chi connectivity index (χ0n) is 12.4. The Morgan fingerprint density at radius 1 is 1.22 bits per heavy atom.